The van der Waals surface area contributed by atoms with E-state index in [1.807, 2.05) is 6.92 Å². The van der Waals surface area contributed by atoms with Gasteiger partial charge in [-0.15, -0.1) is 0 Å². The third-order valence-corrected chi connectivity index (χ3v) is 8.23. The van der Waals surface area contributed by atoms with Crippen molar-refractivity contribution in [3.8, 4) is 0 Å². The first kappa shape index (κ1) is 38.4. The van der Waals surface area contributed by atoms with Gasteiger partial charge in [-0.1, -0.05) is 143 Å². The van der Waals surface area contributed by atoms with E-state index < -0.39 is 0 Å². The zero-order valence-electron chi connectivity index (χ0n) is 27.6. The average molecular weight is 553 g/mol. The summed E-state index contributed by atoms with van der Waals surface area (Å²) in [5.41, 5.74) is 0. The molecule has 0 aromatic heterocycles. The lowest BCUT2D eigenvalue weighted by atomic mass is 10.1. The topological polar surface area (TPSA) is 32.8 Å². The summed E-state index contributed by atoms with van der Waals surface area (Å²) in [5.74, 6) is -0.0435. The maximum Gasteiger partial charge on any atom is 0.320 e. The van der Waals surface area contributed by atoms with E-state index in [4.69, 9.17) is 4.74 Å². The van der Waals surface area contributed by atoms with Gasteiger partial charge in [-0.05, 0) is 52.2 Å². The molecule has 0 fully saturated rings. The number of unbranched alkanes of at least 4 members (excludes halogenated alkanes) is 18. The molecule has 0 N–H and O–H groups in total. The lowest BCUT2D eigenvalue weighted by Gasteiger charge is -2.28. The minimum absolute atomic E-state index is 0.0177. The molecule has 0 saturated heterocycles. The summed E-state index contributed by atoms with van der Waals surface area (Å²) in [4.78, 5) is 17.7. The third-order valence-electron chi connectivity index (χ3n) is 8.23. The molecule has 0 radical (unpaired) electrons. The van der Waals surface area contributed by atoms with Crippen molar-refractivity contribution in [2.24, 2.45) is 0 Å². The molecule has 0 spiro atoms. The van der Waals surface area contributed by atoms with Gasteiger partial charge < -0.3 is 9.64 Å². The molecular formula is C35H72N2O2. The molecule has 0 aliphatic heterocycles. The molecule has 1 atom stereocenters. The second-order valence-corrected chi connectivity index (χ2v) is 12.2. The Bertz CT molecular complexity index is 481. The second-order valence-electron chi connectivity index (χ2n) is 12.2. The van der Waals surface area contributed by atoms with Crippen LogP contribution in [0.25, 0.3) is 0 Å². The van der Waals surface area contributed by atoms with Crippen LogP contribution in [-0.2, 0) is 9.53 Å². The van der Waals surface area contributed by atoms with E-state index in [9.17, 15) is 4.79 Å². The van der Waals surface area contributed by atoms with Crippen LogP contribution in [0.2, 0.25) is 0 Å². The lowest BCUT2D eigenvalue weighted by Crippen LogP contribution is -2.40. The first-order valence-corrected chi connectivity index (χ1v) is 17.7. The first-order chi connectivity index (χ1) is 19.1. The summed E-state index contributed by atoms with van der Waals surface area (Å²) in [6.07, 6.45) is 29.2. The number of ether oxygens (including phenoxy) is 1. The molecule has 0 aliphatic carbocycles. The van der Waals surface area contributed by atoms with Crippen molar-refractivity contribution in [2.45, 2.75) is 182 Å². The Morgan fingerprint density at radius 3 is 1.21 bits per heavy atom. The highest BCUT2D eigenvalue weighted by Crippen LogP contribution is 2.12. The Labute approximate surface area is 246 Å². The summed E-state index contributed by atoms with van der Waals surface area (Å²) >= 11 is 0. The molecule has 0 aromatic rings. The standard InChI is InChI=1S/C35H72N2O2/c1-6-10-13-16-19-22-25-28-36(29-26-23-20-17-14-11-7-2)31-32-37(33-35(38)39-34(5)9-4)30-27-24-21-18-15-12-8-3/h34H,6-33H2,1-5H3. The van der Waals surface area contributed by atoms with Gasteiger partial charge in [0.2, 0.25) is 0 Å². The number of esters is 1. The fourth-order valence-corrected chi connectivity index (χ4v) is 5.29. The van der Waals surface area contributed by atoms with E-state index in [0.29, 0.717) is 6.54 Å². The van der Waals surface area contributed by atoms with Gasteiger partial charge in [0.15, 0.2) is 0 Å². The number of nitrogens with zero attached hydrogens (tertiary/aromatic N) is 2. The van der Waals surface area contributed by atoms with E-state index in [-0.39, 0.29) is 12.1 Å². The molecule has 4 nitrogen and oxygen atoms in total. The summed E-state index contributed by atoms with van der Waals surface area (Å²) in [7, 11) is 0. The molecule has 0 aromatic carbocycles. The number of carbonyl (C=O) groups is 1. The van der Waals surface area contributed by atoms with Crippen molar-refractivity contribution in [3.63, 3.8) is 0 Å². The zero-order chi connectivity index (χ0) is 28.8. The van der Waals surface area contributed by atoms with Crippen LogP contribution in [0, 0.1) is 0 Å². The van der Waals surface area contributed by atoms with Gasteiger partial charge >= 0.3 is 5.97 Å². The van der Waals surface area contributed by atoms with Crippen LogP contribution < -0.4 is 0 Å². The maximum atomic E-state index is 12.6. The van der Waals surface area contributed by atoms with E-state index in [1.165, 1.54) is 148 Å². The summed E-state index contributed by atoms with van der Waals surface area (Å²) in [5, 5.41) is 0. The summed E-state index contributed by atoms with van der Waals surface area (Å²) in [6, 6.07) is 0. The Kier molecular flexibility index (Phi) is 29.9. The van der Waals surface area contributed by atoms with Crippen molar-refractivity contribution < 1.29 is 9.53 Å². The number of hydrogen-bond acceptors (Lipinski definition) is 4. The quantitative estimate of drug-likeness (QED) is 0.0632. The van der Waals surface area contributed by atoms with Gasteiger partial charge in [0.1, 0.15) is 0 Å². The van der Waals surface area contributed by atoms with Gasteiger partial charge in [0.25, 0.3) is 0 Å². The van der Waals surface area contributed by atoms with E-state index >= 15 is 0 Å². The maximum absolute atomic E-state index is 12.6. The smallest absolute Gasteiger partial charge is 0.320 e. The number of rotatable bonds is 31. The van der Waals surface area contributed by atoms with Crippen molar-refractivity contribution >= 4 is 5.97 Å². The monoisotopic (exact) mass is 553 g/mol. The fraction of sp³-hybridized carbons (Fsp3) is 0.971. The van der Waals surface area contributed by atoms with E-state index in [0.717, 1.165) is 26.1 Å². The molecule has 1 unspecified atom stereocenters. The van der Waals surface area contributed by atoms with Crippen LogP contribution in [0.5, 0.6) is 0 Å². The molecule has 0 rings (SSSR count). The summed E-state index contributed by atoms with van der Waals surface area (Å²) < 4.78 is 5.65. The molecule has 0 saturated carbocycles. The predicted octanol–water partition coefficient (Wildman–Crippen LogP) is 10.2. The van der Waals surface area contributed by atoms with Crippen molar-refractivity contribution in [1.82, 2.24) is 9.80 Å². The van der Waals surface area contributed by atoms with Crippen molar-refractivity contribution in [3.05, 3.63) is 0 Å². The minimum atomic E-state index is -0.0435. The number of hydrogen-bond donors (Lipinski definition) is 0. The molecule has 0 aliphatic rings. The van der Waals surface area contributed by atoms with Gasteiger partial charge in [-0.25, -0.2) is 0 Å². The highest BCUT2D eigenvalue weighted by molar-refractivity contribution is 5.71. The molecule has 0 amide bonds. The Morgan fingerprint density at radius 1 is 0.487 bits per heavy atom. The summed E-state index contributed by atoms with van der Waals surface area (Å²) in [6.45, 7) is 16.9. The van der Waals surface area contributed by atoms with Crippen LogP contribution in [0.15, 0.2) is 0 Å². The van der Waals surface area contributed by atoms with Crippen LogP contribution in [-0.4, -0.2) is 61.1 Å². The normalized spacial score (nSPS) is 12.5. The first-order valence-electron chi connectivity index (χ1n) is 17.7. The lowest BCUT2D eigenvalue weighted by molar-refractivity contribution is -0.149. The highest BCUT2D eigenvalue weighted by Gasteiger charge is 2.15. The molecule has 0 bridgehead atoms. The Balaban J connectivity index is 4.72. The van der Waals surface area contributed by atoms with E-state index in [1.54, 1.807) is 0 Å². The fourth-order valence-electron chi connectivity index (χ4n) is 5.29. The van der Waals surface area contributed by atoms with Gasteiger partial charge in [0.05, 0.1) is 12.6 Å². The van der Waals surface area contributed by atoms with Crippen LogP contribution in [0.4, 0.5) is 0 Å². The largest absolute Gasteiger partial charge is 0.462 e. The molecular weight excluding hydrogens is 480 g/mol. The van der Waals surface area contributed by atoms with Gasteiger partial charge in [0, 0.05) is 13.1 Å². The average Bonchev–Trinajstić information content (AvgIpc) is 2.93. The van der Waals surface area contributed by atoms with Crippen LogP contribution in [0.3, 0.4) is 0 Å². The zero-order valence-corrected chi connectivity index (χ0v) is 27.6. The third kappa shape index (κ3) is 27.3. The molecule has 0 heterocycles. The number of carbonyl (C=O) groups excluding carboxylic acids is 1. The van der Waals surface area contributed by atoms with E-state index in [2.05, 4.69) is 37.5 Å². The van der Waals surface area contributed by atoms with Crippen LogP contribution >= 0.6 is 0 Å². The Hall–Kier alpha value is -0.610. The van der Waals surface area contributed by atoms with Gasteiger partial charge in [-0.3, -0.25) is 9.69 Å². The predicted molar refractivity (Wildman–Crippen MR) is 173 cm³/mol. The Morgan fingerprint density at radius 2 is 0.821 bits per heavy atom. The minimum Gasteiger partial charge on any atom is -0.462 e. The molecule has 234 valence electrons. The van der Waals surface area contributed by atoms with Gasteiger partial charge in [-0.2, -0.15) is 0 Å². The SMILES string of the molecule is CCCCCCCCCN(CCCCCCCCC)CCN(CCCCCCCCC)CC(=O)OC(C)CC. The van der Waals surface area contributed by atoms with Crippen molar-refractivity contribution in [2.75, 3.05) is 39.3 Å². The van der Waals surface area contributed by atoms with Crippen LogP contribution in [0.1, 0.15) is 176 Å². The highest BCUT2D eigenvalue weighted by atomic mass is 16.5. The van der Waals surface area contributed by atoms with Crippen molar-refractivity contribution in [1.29, 1.82) is 0 Å². The molecule has 39 heavy (non-hydrogen) atoms. The second kappa shape index (κ2) is 30.4. The molecule has 4 heteroatoms.